The molecule has 0 aliphatic heterocycles. The Kier molecular flexibility index (Phi) is 6.02. The van der Waals surface area contributed by atoms with Gasteiger partial charge in [-0.15, -0.1) is 11.3 Å². The van der Waals surface area contributed by atoms with Crippen molar-refractivity contribution < 1.29 is 4.79 Å². The van der Waals surface area contributed by atoms with Gasteiger partial charge in [0.2, 0.25) is 5.91 Å². The average molecular weight is 438 g/mol. The third-order valence-electron chi connectivity index (χ3n) is 6.40. The van der Waals surface area contributed by atoms with Crippen molar-refractivity contribution in [1.29, 1.82) is 0 Å². The van der Waals surface area contributed by atoms with E-state index in [0.29, 0.717) is 18.2 Å². The van der Waals surface area contributed by atoms with Gasteiger partial charge in [0.1, 0.15) is 10.7 Å². The van der Waals surface area contributed by atoms with Crippen molar-refractivity contribution in [3.63, 3.8) is 0 Å². The lowest BCUT2D eigenvalue weighted by Gasteiger charge is -2.33. The zero-order chi connectivity index (χ0) is 22.2. The van der Waals surface area contributed by atoms with Crippen LogP contribution >= 0.6 is 11.3 Å². The van der Waals surface area contributed by atoms with Crippen LogP contribution in [0.5, 0.6) is 0 Å². The van der Waals surface area contributed by atoms with E-state index >= 15 is 0 Å². The van der Waals surface area contributed by atoms with Gasteiger partial charge in [0, 0.05) is 23.4 Å². The zero-order valence-corrected chi connectivity index (χ0v) is 19.6. The molecule has 2 aromatic heterocycles. The third-order valence-corrected chi connectivity index (χ3v) is 7.55. The fourth-order valence-corrected chi connectivity index (χ4v) is 5.73. The first-order chi connectivity index (χ1) is 14.7. The van der Waals surface area contributed by atoms with Crippen LogP contribution in [0.15, 0.2) is 29.1 Å². The van der Waals surface area contributed by atoms with Crippen LogP contribution in [0.2, 0.25) is 0 Å². The number of nitrogens with zero attached hydrogens (tertiary/aromatic N) is 1. The Labute approximate surface area is 187 Å². The minimum Gasteiger partial charge on any atom is -0.326 e. The highest BCUT2D eigenvalue weighted by Gasteiger charge is 2.31. The maximum atomic E-state index is 12.8. The van der Waals surface area contributed by atoms with Crippen molar-refractivity contribution in [1.82, 2.24) is 9.97 Å². The molecular formula is C25H31N3O2S. The molecule has 3 aromatic rings. The molecule has 0 radical (unpaired) electrons. The van der Waals surface area contributed by atoms with Crippen LogP contribution in [0.25, 0.3) is 10.2 Å². The molecule has 1 aliphatic rings. The summed E-state index contributed by atoms with van der Waals surface area (Å²) in [6, 6.07) is 7.88. The van der Waals surface area contributed by atoms with Crippen LogP contribution < -0.4 is 10.9 Å². The number of nitrogens with one attached hydrogen (secondary N) is 2. The first kappa shape index (κ1) is 21.8. The Hall–Kier alpha value is -2.47. The second-order valence-corrected chi connectivity index (χ2v) is 10.7. The Bertz CT molecular complexity index is 1170. The first-order valence-corrected chi connectivity index (χ1v) is 12.0. The van der Waals surface area contributed by atoms with Gasteiger partial charge in [-0.3, -0.25) is 9.59 Å². The van der Waals surface area contributed by atoms with Crippen molar-refractivity contribution in [2.24, 2.45) is 11.3 Å². The minimum atomic E-state index is -0.0745. The van der Waals surface area contributed by atoms with Gasteiger partial charge in [-0.25, -0.2) is 4.98 Å². The van der Waals surface area contributed by atoms with Gasteiger partial charge < -0.3 is 10.3 Å². The quantitative estimate of drug-likeness (QED) is 0.571. The number of H-pyrrole nitrogens is 1. The van der Waals surface area contributed by atoms with E-state index in [1.165, 1.54) is 16.0 Å². The summed E-state index contributed by atoms with van der Waals surface area (Å²) in [6.45, 7) is 8.97. The number of hydrogen-bond acceptors (Lipinski definition) is 4. The lowest BCUT2D eigenvalue weighted by molar-refractivity contribution is -0.116. The van der Waals surface area contributed by atoms with E-state index in [9.17, 15) is 9.59 Å². The van der Waals surface area contributed by atoms with Gasteiger partial charge in [-0.2, -0.15) is 0 Å². The van der Waals surface area contributed by atoms with Crippen LogP contribution in [0.3, 0.4) is 0 Å². The number of anilines is 1. The SMILES string of the molecule is CCc1cccc(NC(=O)CCc2nc3sc4c(c3c(=O)[nH]2)CC[C@H](C(C)(C)C)C4)c1. The first-order valence-electron chi connectivity index (χ1n) is 11.2. The molecule has 0 unspecified atom stereocenters. The molecule has 0 spiro atoms. The number of aromatic amines is 1. The summed E-state index contributed by atoms with van der Waals surface area (Å²) in [7, 11) is 0. The number of hydrogen-bond donors (Lipinski definition) is 2. The fourth-order valence-electron chi connectivity index (χ4n) is 4.41. The normalized spacial score (nSPS) is 16.3. The van der Waals surface area contributed by atoms with E-state index in [1.54, 1.807) is 11.3 Å². The molecule has 2 heterocycles. The summed E-state index contributed by atoms with van der Waals surface area (Å²) in [6.07, 6.45) is 4.70. The molecule has 1 aromatic carbocycles. The molecule has 0 saturated heterocycles. The van der Waals surface area contributed by atoms with Crippen LogP contribution in [-0.4, -0.2) is 15.9 Å². The molecule has 2 N–H and O–H groups in total. The zero-order valence-electron chi connectivity index (χ0n) is 18.8. The molecular weight excluding hydrogens is 406 g/mol. The Morgan fingerprint density at radius 1 is 1.32 bits per heavy atom. The van der Waals surface area contributed by atoms with Gasteiger partial charge in [-0.05, 0) is 60.3 Å². The number of aromatic nitrogens is 2. The van der Waals surface area contributed by atoms with E-state index in [2.05, 4.69) is 38.0 Å². The van der Waals surface area contributed by atoms with Gasteiger partial charge in [-0.1, -0.05) is 39.8 Å². The topological polar surface area (TPSA) is 74.8 Å². The Balaban J connectivity index is 1.48. The highest BCUT2D eigenvalue weighted by atomic mass is 32.1. The van der Waals surface area contributed by atoms with Crippen molar-refractivity contribution in [3.05, 3.63) is 56.4 Å². The molecule has 4 rings (SSSR count). The number of benzene rings is 1. The molecule has 0 bridgehead atoms. The molecule has 31 heavy (non-hydrogen) atoms. The van der Waals surface area contributed by atoms with Crippen molar-refractivity contribution in [2.75, 3.05) is 5.32 Å². The standard InChI is InChI=1S/C25H31N3O2S/c1-5-15-7-6-8-17(13-15)26-21(29)12-11-20-27-23(30)22-18-10-9-16(25(2,3)4)14-19(18)31-24(22)28-20/h6-8,13,16H,5,9-12,14H2,1-4H3,(H,26,29)(H,27,28,30)/t16-/m0/s1. The van der Waals surface area contributed by atoms with Crippen molar-refractivity contribution in [2.45, 2.75) is 66.2 Å². The number of amides is 1. The predicted octanol–water partition coefficient (Wildman–Crippen LogP) is 5.27. The highest BCUT2D eigenvalue weighted by molar-refractivity contribution is 7.18. The maximum absolute atomic E-state index is 12.8. The number of aryl methyl sites for hydroxylation is 3. The summed E-state index contributed by atoms with van der Waals surface area (Å²) >= 11 is 1.66. The average Bonchev–Trinajstić information content (AvgIpc) is 3.10. The van der Waals surface area contributed by atoms with E-state index in [0.717, 1.165) is 41.6 Å². The maximum Gasteiger partial charge on any atom is 0.259 e. The third kappa shape index (κ3) is 4.74. The summed E-state index contributed by atoms with van der Waals surface area (Å²) in [4.78, 5) is 35.0. The largest absolute Gasteiger partial charge is 0.326 e. The predicted molar refractivity (Wildman–Crippen MR) is 128 cm³/mol. The summed E-state index contributed by atoms with van der Waals surface area (Å²) in [5.41, 5.74) is 3.38. The molecule has 164 valence electrons. The molecule has 6 heteroatoms. The summed E-state index contributed by atoms with van der Waals surface area (Å²) < 4.78 is 0. The van der Waals surface area contributed by atoms with Crippen LogP contribution in [0.4, 0.5) is 5.69 Å². The number of fused-ring (bicyclic) bond motifs is 3. The van der Waals surface area contributed by atoms with Crippen LogP contribution in [-0.2, 0) is 30.5 Å². The number of carbonyl (C=O) groups is 1. The Morgan fingerprint density at radius 2 is 2.13 bits per heavy atom. The minimum absolute atomic E-state index is 0.0669. The molecule has 0 fully saturated rings. The van der Waals surface area contributed by atoms with Gasteiger partial charge in [0.25, 0.3) is 5.56 Å². The molecule has 1 amide bonds. The monoisotopic (exact) mass is 437 g/mol. The van der Waals surface area contributed by atoms with E-state index in [-0.39, 0.29) is 23.3 Å². The van der Waals surface area contributed by atoms with Crippen LogP contribution in [0, 0.1) is 11.3 Å². The summed E-state index contributed by atoms with van der Waals surface area (Å²) in [5, 5.41) is 3.70. The van der Waals surface area contributed by atoms with Gasteiger partial charge in [0.15, 0.2) is 0 Å². The smallest absolute Gasteiger partial charge is 0.259 e. The molecule has 1 aliphatic carbocycles. The summed E-state index contributed by atoms with van der Waals surface area (Å²) in [5.74, 6) is 1.14. The lowest BCUT2D eigenvalue weighted by atomic mass is 9.72. The van der Waals surface area contributed by atoms with Crippen molar-refractivity contribution in [3.8, 4) is 0 Å². The van der Waals surface area contributed by atoms with Gasteiger partial charge >= 0.3 is 0 Å². The number of carbonyl (C=O) groups excluding carboxylic acids is 1. The molecule has 5 nitrogen and oxygen atoms in total. The van der Waals surface area contributed by atoms with Crippen LogP contribution in [0.1, 0.15) is 62.4 Å². The number of thiophene rings is 1. The Morgan fingerprint density at radius 3 is 2.87 bits per heavy atom. The number of rotatable bonds is 5. The van der Waals surface area contributed by atoms with Gasteiger partial charge in [0.05, 0.1) is 5.39 Å². The lowest BCUT2D eigenvalue weighted by Crippen LogP contribution is -2.26. The second kappa shape index (κ2) is 8.58. The fraction of sp³-hybridized carbons (Fsp3) is 0.480. The van der Waals surface area contributed by atoms with E-state index in [1.807, 2.05) is 24.3 Å². The highest BCUT2D eigenvalue weighted by Crippen LogP contribution is 2.41. The molecule has 1 atom stereocenters. The molecule has 0 saturated carbocycles. The second-order valence-electron chi connectivity index (χ2n) is 9.60. The van der Waals surface area contributed by atoms with E-state index in [4.69, 9.17) is 4.98 Å². The van der Waals surface area contributed by atoms with Crippen molar-refractivity contribution >= 4 is 33.1 Å². The van der Waals surface area contributed by atoms with E-state index < -0.39 is 0 Å².